The molecule has 0 fully saturated rings. The number of unbranched alkanes of at least 4 members (excludes halogenated alkanes) is 1. The second-order valence-electron chi connectivity index (χ2n) is 9.82. The number of nitrogens with zero attached hydrogens (tertiary/aromatic N) is 2. The van der Waals surface area contributed by atoms with E-state index in [1.807, 2.05) is 52.0 Å². The Morgan fingerprint density at radius 2 is 1.57 bits per heavy atom. The van der Waals surface area contributed by atoms with Gasteiger partial charge in [0.05, 0.1) is 10.6 Å². The van der Waals surface area contributed by atoms with Gasteiger partial charge < -0.3 is 10.2 Å². The monoisotopic (exact) mass is 583 g/mol. The molecule has 1 N–H and O–H groups in total. The average Bonchev–Trinajstić information content (AvgIpc) is 2.93. The van der Waals surface area contributed by atoms with Crippen LogP contribution >= 0.6 is 11.6 Å². The third kappa shape index (κ3) is 7.86. The second kappa shape index (κ2) is 14.3. The van der Waals surface area contributed by atoms with Crippen LogP contribution in [-0.2, 0) is 26.2 Å². The van der Waals surface area contributed by atoms with Gasteiger partial charge >= 0.3 is 0 Å². The van der Waals surface area contributed by atoms with E-state index in [9.17, 15) is 18.0 Å². The number of sulfonamides is 1. The van der Waals surface area contributed by atoms with E-state index in [1.165, 1.54) is 17.0 Å². The summed E-state index contributed by atoms with van der Waals surface area (Å²) in [6, 6.07) is 19.7. The largest absolute Gasteiger partial charge is 0.354 e. The Balaban J connectivity index is 2.04. The zero-order valence-corrected chi connectivity index (χ0v) is 25.1. The van der Waals surface area contributed by atoms with E-state index in [-0.39, 0.29) is 17.3 Å². The maximum atomic E-state index is 14.1. The number of benzene rings is 3. The topological polar surface area (TPSA) is 86.8 Å². The van der Waals surface area contributed by atoms with E-state index in [0.717, 1.165) is 33.8 Å². The van der Waals surface area contributed by atoms with Crippen LogP contribution in [0.5, 0.6) is 0 Å². The molecule has 0 aliphatic rings. The van der Waals surface area contributed by atoms with E-state index < -0.39 is 28.5 Å². The van der Waals surface area contributed by atoms with Crippen molar-refractivity contribution < 1.29 is 18.0 Å². The third-order valence-corrected chi connectivity index (χ3v) is 8.86. The minimum Gasteiger partial charge on any atom is -0.354 e. The number of rotatable bonds is 13. The van der Waals surface area contributed by atoms with E-state index >= 15 is 0 Å². The Bertz CT molecular complexity index is 1390. The maximum Gasteiger partial charge on any atom is 0.264 e. The molecule has 214 valence electrons. The first-order chi connectivity index (χ1) is 19.1. The molecule has 40 heavy (non-hydrogen) atoms. The molecule has 3 aromatic rings. The lowest BCUT2D eigenvalue weighted by atomic mass is 10.1. The fourth-order valence-electron chi connectivity index (χ4n) is 4.37. The Morgan fingerprint density at radius 3 is 2.17 bits per heavy atom. The minimum absolute atomic E-state index is 0.0654. The van der Waals surface area contributed by atoms with Gasteiger partial charge in [0.1, 0.15) is 12.6 Å². The predicted molar refractivity (Wildman–Crippen MR) is 161 cm³/mol. The first kappa shape index (κ1) is 31.2. The molecule has 0 spiro atoms. The maximum absolute atomic E-state index is 14.1. The fraction of sp³-hybridized carbons (Fsp3) is 0.355. The van der Waals surface area contributed by atoms with Gasteiger partial charge in [0.25, 0.3) is 10.0 Å². The number of carbonyl (C=O) groups is 2. The van der Waals surface area contributed by atoms with Gasteiger partial charge in [-0.2, -0.15) is 0 Å². The van der Waals surface area contributed by atoms with Crippen LogP contribution < -0.4 is 9.62 Å². The molecular weight excluding hydrogens is 546 g/mol. The smallest absolute Gasteiger partial charge is 0.264 e. The summed E-state index contributed by atoms with van der Waals surface area (Å²) in [7, 11) is -4.12. The van der Waals surface area contributed by atoms with Gasteiger partial charge in [0, 0.05) is 18.1 Å². The molecule has 0 saturated carbocycles. The predicted octanol–water partition coefficient (Wildman–Crippen LogP) is 5.88. The van der Waals surface area contributed by atoms with Crippen LogP contribution in [-0.4, -0.2) is 44.3 Å². The van der Waals surface area contributed by atoms with Crippen LogP contribution in [0.2, 0.25) is 5.02 Å². The minimum atomic E-state index is -4.12. The summed E-state index contributed by atoms with van der Waals surface area (Å²) in [5.41, 5.74) is 3.07. The number of hydrogen-bond donors (Lipinski definition) is 1. The second-order valence-corrected chi connectivity index (χ2v) is 12.1. The number of halogens is 1. The third-order valence-electron chi connectivity index (χ3n) is 6.82. The number of anilines is 1. The average molecular weight is 584 g/mol. The molecule has 0 aliphatic carbocycles. The van der Waals surface area contributed by atoms with Crippen LogP contribution in [0.1, 0.15) is 49.8 Å². The summed E-state index contributed by atoms with van der Waals surface area (Å²) in [5.74, 6) is -0.733. The molecular formula is C31H38ClN3O4S. The zero-order valence-electron chi connectivity index (χ0n) is 23.6. The normalized spacial score (nSPS) is 12.0. The number of amides is 2. The number of aryl methyl sites for hydroxylation is 2. The zero-order chi connectivity index (χ0) is 29.3. The lowest BCUT2D eigenvalue weighted by Crippen LogP contribution is -2.52. The molecule has 1 unspecified atom stereocenters. The fourth-order valence-corrected chi connectivity index (χ4v) is 5.91. The van der Waals surface area contributed by atoms with Crippen LogP contribution in [0, 0.1) is 13.8 Å². The standard InChI is InChI=1S/C31H38ClN3O4S/c1-5-7-20-33-31(37)29(6-2)34(21-25-11-9-8-10-24(25)4)30(36)22-35(27-16-14-26(32)15-17-27)40(38,39)28-18-12-23(3)13-19-28/h8-19,29H,5-7,20-22H2,1-4H3,(H,33,37). The van der Waals surface area contributed by atoms with Gasteiger partial charge in [-0.05, 0) is 74.2 Å². The first-order valence-corrected chi connectivity index (χ1v) is 15.4. The molecule has 3 aromatic carbocycles. The molecule has 0 saturated heterocycles. The highest BCUT2D eigenvalue weighted by atomic mass is 35.5. The molecule has 3 rings (SSSR count). The van der Waals surface area contributed by atoms with Gasteiger partial charge in [-0.15, -0.1) is 0 Å². The molecule has 7 nitrogen and oxygen atoms in total. The van der Waals surface area contributed by atoms with Crippen molar-refractivity contribution in [3.63, 3.8) is 0 Å². The molecule has 0 radical (unpaired) electrons. The number of nitrogens with one attached hydrogen (secondary N) is 1. The van der Waals surface area contributed by atoms with E-state index in [4.69, 9.17) is 11.6 Å². The van der Waals surface area contributed by atoms with Crippen LogP contribution in [0.25, 0.3) is 0 Å². The summed E-state index contributed by atoms with van der Waals surface area (Å²) in [6.07, 6.45) is 2.13. The van der Waals surface area contributed by atoms with E-state index in [0.29, 0.717) is 23.7 Å². The van der Waals surface area contributed by atoms with Gasteiger partial charge in [-0.1, -0.05) is 73.8 Å². The molecule has 9 heteroatoms. The Labute approximate surface area is 243 Å². The van der Waals surface area contributed by atoms with Gasteiger partial charge in [-0.25, -0.2) is 8.42 Å². The lowest BCUT2D eigenvalue weighted by molar-refractivity contribution is -0.140. The van der Waals surface area contributed by atoms with Crippen molar-refractivity contribution in [1.82, 2.24) is 10.2 Å². The molecule has 0 heterocycles. The summed E-state index contributed by atoms with van der Waals surface area (Å²) < 4.78 is 28.9. The summed E-state index contributed by atoms with van der Waals surface area (Å²) in [6.45, 7) is 7.90. The SMILES string of the molecule is CCCCNC(=O)C(CC)N(Cc1ccccc1C)C(=O)CN(c1ccc(Cl)cc1)S(=O)(=O)c1ccc(C)cc1. The van der Waals surface area contributed by atoms with Crippen LogP contribution in [0.4, 0.5) is 5.69 Å². The van der Waals surface area contributed by atoms with Gasteiger partial charge in [-0.3, -0.25) is 13.9 Å². The Morgan fingerprint density at radius 1 is 0.925 bits per heavy atom. The molecule has 1 atom stereocenters. The van der Waals surface area contributed by atoms with Crippen LogP contribution in [0.15, 0.2) is 77.7 Å². The summed E-state index contributed by atoms with van der Waals surface area (Å²) in [4.78, 5) is 28.9. The summed E-state index contributed by atoms with van der Waals surface area (Å²) >= 11 is 6.09. The van der Waals surface area contributed by atoms with Crippen molar-refractivity contribution >= 4 is 39.1 Å². The quantitative estimate of drug-likeness (QED) is 0.255. The Hall–Kier alpha value is -3.36. The molecule has 2 amide bonds. The van der Waals surface area contributed by atoms with Crippen molar-refractivity contribution in [2.24, 2.45) is 0 Å². The van der Waals surface area contributed by atoms with Crippen molar-refractivity contribution in [2.45, 2.75) is 64.4 Å². The van der Waals surface area contributed by atoms with Gasteiger partial charge in [0.15, 0.2) is 0 Å². The van der Waals surface area contributed by atoms with Crippen LogP contribution in [0.3, 0.4) is 0 Å². The Kier molecular flexibility index (Phi) is 11.2. The molecule has 0 bridgehead atoms. The van der Waals surface area contributed by atoms with Crippen molar-refractivity contribution in [3.8, 4) is 0 Å². The number of hydrogen-bond acceptors (Lipinski definition) is 4. The van der Waals surface area contributed by atoms with Crippen molar-refractivity contribution in [3.05, 3.63) is 94.5 Å². The highest BCUT2D eigenvalue weighted by molar-refractivity contribution is 7.92. The van der Waals surface area contributed by atoms with Gasteiger partial charge in [0.2, 0.25) is 11.8 Å². The molecule has 0 aromatic heterocycles. The molecule has 0 aliphatic heterocycles. The van der Waals surface area contributed by atoms with E-state index in [2.05, 4.69) is 5.32 Å². The highest BCUT2D eigenvalue weighted by Crippen LogP contribution is 2.26. The summed E-state index contributed by atoms with van der Waals surface area (Å²) in [5, 5.41) is 3.39. The van der Waals surface area contributed by atoms with Crippen molar-refractivity contribution in [1.29, 1.82) is 0 Å². The number of carbonyl (C=O) groups excluding carboxylic acids is 2. The van der Waals surface area contributed by atoms with Crippen molar-refractivity contribution in [2.75, 3.05) is 17.4 Å². The van der Waals surface area contributed by atoms with E-state index in [1.54, 1.807) is 36.4 Å². The highest BCUT2D eigenvalue weighted by Gasteiger charge is 2.33. The lowest BCUT2D eigenvalue weighted by Gasteiger charge is -2.33. The first-order valence-electron chi connectivity index (χ1n) is 13.5.